The minimum absolute atomic E-state index is 0.0613. The lowest BCUT2D eigenvalue weighted by Gasteiger charge is -2.37. The number of anilines is 3. The number of nitrogens with two attached hydrogens (primary N) is 2. The molecule has 62 heavy (non-hydrogen) atoms. The van der Waals surface area contributed by atoms with Crippen LogP contribution in [0.15, 0.2) is 12.4 Å². The van der Waals surface area contributed by atoms with E-state index in [2.05, 4.69) is 42.6 Å². The molecule has 340 valence electrons. The summed E-state index contributed by atoms with van der Waals surface area (Å²) < 4.78 is 19.5. The Labute approximate surface area is 361 Å². The van der Waals surface area contributed by atoms with Crippen LogP contribution in [0.3, 0.4) is 0 Å². The van der Waals surface area contributed by atoms with Crippen LogP contribution in [0, 0.1) is 12.3 Å². The van der Waals surface area contributed by atoms with Gasteiger partial charge in [-0.05, 0) is 39.0 Å². The molecular formula is C38H64N18O6+2. The predicted molar refractivity (Wildman–Crippen MR) is 226 cm³/mol. The summed E-state index contributed by atoms with van der Waals surface area (Å²) >= 11 is 0. The Morgan fingerprint density at radius 2 is 1.47 bits per heavy atom. The van der Waals surface area contributed by atoms with E-state index in [0.717, 1.165) is 43.6 Å². The summed E-state index contributed by atoms with van der Waals surface area (Å²) in [6, 6.07) is -0.898. The molecule has 2 aliphatic rings. The molecular weight excluding hydrogens is 805 g/mol. The average molecular weight is 869 g/mol. The first-order valence-corrected chi connectivity index (χ1v) is 21.3. The monoisotopic (exact) mass is 869 g/mol. The smallest absolute Gasteiger partial charge is 0.338 e. The van der Waals surface area contributed by atoms with E-state index in [-0.39, 0.29) is 30.9 Å². The first kappa shape index (κ1) is 47.3. The third kappa shape index (κ3) is 15.0. The lowest BCUT2D eigenvalue weighted by Crippen LogP contribution is -2.78. The summed E-state index contributed by atoms with van der Waals surface area (Å²) in [6.07, 6.45) is 11.8. The van der Waals surface area contributed by atoms with E-state index in [9.17, 15) is 14.7 Å². The molecule has 24 heteroatoms. The lowest BCUT2D eigenvalue weighted by molar-refractivity contribution is -0.459. The van der Waals surface area contributed by atoms with E-state index in [0.29, 0.717) is 123 Å². The Hall–Kier alpha value is -5.74. The molecule has 2 saturated heterocycles. The Balaban J connectivity index is 1.18. The summed E-state index contributed by atoms with van der Waals surface area (Å²) in [4.78, 5) is 52.0. The third-order valence-corrected chi connectivity index (χ3v) is 10.2. The molecule has 0 unspecified atom stereocenters. The number of guanidine groups is 1. The number of terminal acetylenes is 1. The van der Waals surface area contributed by atoms with E-state index in [1.165, 1.54) is 4.68 Å². The fourth-order valence-corrected chi connectivity index (χ4v) is 6.85. The van der Waals surface area contributed by atoms with Gasteiger partial charge in [-0.2, -0.15) is 15.0 Å². The number of rotatable bonds is 26. The van der Waals surface area contributed by atoms with Crippen molar-refractivity contribution >= 4 is 35.6 Å². The molecule has 2 fully saturated rings. The third-order valence-electron chi connectivity index (χ3n) is 10.2. The molecule has 0 bridgehead atoms. The topological polar surface area (TPSA) is 301 Å². The van der Waals surface area contributed by atoms with Crippen molar-refractivity contribution in [3.05, 3.63) is 23.8 Å². The number of carbonyl (C=O) groups excluding carboxylic acids is 2. The highest BCUT2D eigenvalue weighted by Gasteiger charge is 2.34. The molecule has 10 N–H and O–H groups in total. The van der Waals surface area contributed by atoms with Crippen LogP contribution in [0.25, 0.3) is 0 Å². The second-order valence-corrected chi connectivity index (χ2v) is 14.9. The van der Waals surface area contributed by atoms with E-state index < -0.39 is 12.1 Å². The fraction of sp³-hybridized carbons (Fsp3) is 0.684. The van der Waals surface area contributed by atoms with Gasteiger partial charge in [0.1, 0.15) is 13.2 Å². The fourth-order valence-electron chi connectivity index (χ4n) is 6.85. The number of aliphatic hydroxyl groups is 1. The lowest BCUT2D eigenvalue weighted by atomic mass is 10.1. The number of hydrogen-bond donors (Lipinski definition) is 6. The van der Waals surface area contributed by atoms with Crippen LogP contribution in [-0.4, -0.2) is 195 Å². The summed E-state index contributed by atoms with van der Waals surface area (Å²) in [7, 11) is 0. The molecule has 0 saturated carbocycles. The number of aryl methyl sites for hydroxylation is 2. The number of amides is 2. The van der Waals surface area contributed by atoms with Crippen LogP contribution in [-0.2, 0) is 43.2 Å². The van der Waals surface area contributed by atoms with E-state index >= 15 is 0 Å². The number of nitrogens with zero attached hydrogens (tertiary/aromatic N) is 13. The first-order valence-electron chi connectivity index (χ1n) is 21.3. The van der Waals surface area contributed by atoms with Crippen LogP contribution in [0.4, 0.5) is 17.8 Å². The van der Waals surface area contributed by atoms with Gasteiger partial charge in [0.25, 0.3) is 0 Å². The van der Waals surface area contributed by atoms with Crippen molar-refractivity contribution in [1.82, 2.24) is 54.7 Å². The molecule has 3 aromatic rings. The Morgan fingerprint density at radius 3 is 2.11 bits per heavy atom. The molecule has 0 aliphatic carbocycles. The van der Waals surface area contributed by atoms with Gasteiger partial charge in [0.05, 0.1) is 63.6 Å². The maximum Gasteiger partial charge on any atom is 0.338 e. The van der Waals surface area contributed by atoms with Gasteiger partial charge >= 0.3 is 5.96 Å². The molecule has 5 rings (SSSR count). The molecule has 5 heterocycles. The van der Waals surface area contributed by atoms with E-state index in [1.807, 2.05) is 9.80 Å². The zero-order chi connectivity index (χ0) is 44.1. The zero-order valence-electron chi connectivity index (χ0n) is 35.8. The van der Waals surface area contributed by atoms with Crippen molar-refractivity contribution < 1.29 is 39.6 Å². The van der Waals surface area contributed by atoms with Crippen LogP contribution in [0.1, 0.15) is 43.6 Å². The van der Waals surface area contributed by atoms with Gasteiger partial charge in [-0.15, -0.1) is 16.6 Å². The number of hydrogen-bond acceptors (Lipinski definition) is 16. The molecule has 2 atom stereocenters. The Morgan fingerprint density at radius 1 is 0.855 bits per heavy atom. The molecule has 24 nitrogen and oxygen atoms in total. The largest absolute Gasteiger partial charge is 0.391 e. The quantitative estimate of drug-likeness (QED) is 0.0190. The molecule has 0 spiro atoms. The van der Waals surface area contributed by atoms with Gasteiger partial charge < -0.3 is 50.0 Å². The number of ether oxygens (including phenoxy) is 3. The maximum absolute atomic E-state index is 13.8. The van der Waals surface area contributed by atoms with Gasteiger partial charge in [-0.1, -0.05) is 16.3 Å². The van der Waals surface area contributed by atoms with Crippen molar-refractivity contribution in [1.29, 1.82) is 0 Å². The van der Waals surface area contributed by atoms with Gasteiger partial charge in [0, 0.05) is 71.3 Å². The van der Waals surface area contributed by atoms with Crippen LogP contribution < -0.4 is 37.3 Å². The molecule has 3 aromatic heterocycles. The van der Waals surface area contributed by atoms with Gasteiger partial charge in [-0.25, -0.2) is 9.36 Å². The second kappa shape index (κ2) is 25.3. The van der Waals surface area contributed by atoms with E-state index in [4.69, 9.17) is 47.1 Å². The van der Waals surface area contributed by atoms with E-state index in [1.54, 1.807) is 33.8 Å². The van der Waals surface area contributed by atoms with Gasteiger partial charge in [0.15, 0.2) is 6.04 Å². The van der Waals surface area contributed by atoms with Crippen molar-refractivity contribution in [3.63, 3.8) is 0 Å². The van der Waals surface area contributed by atoms with Gasteiger partial charge in [-0.3, -0.25) is 26.0 Å². The standard InChI is InChI=1S/C38H62N18O6/c1-3-20-60-22-24-62-25-23-61-21-11-43-36-44-37(53-16-12-51(13-17-53)32(58)28-55-26-30(47-49-55)8-6-10-42-35(40)41)46-38(45-36)54-18-14-52(15-19-54)34(59)33(29(2)57)56-27-31(48-50-56)7-4-5-9-39/h1,26-27,29,33,57H,4-25,28,39H2,2H3,(H4,40,41,42)(H,43,44,45,46)/p+2/t29-,33+/m1/s1. The predicted octanol–water partition coefficient (Wildman–Crippen LogP) is -5.38. The number of carbonyl (C=O) groups is 2. The number of piperazine rings is 2. The van der Waals surface area contributed by atoms with Gasteiger partial charge in [0.2, 0.25) is 29.7 Å². The molecule has 2 amide bonds. The summed E-state index contributed by atoms with van der Waals surface area (Å²) in [5.74, 6) is 3.61. The van der Waals surface area contributed by atoms with Crippen molar-refractivity contribution in [2.75, 3.05) is 127 Å². The summed E-state index contributed by atoms with van der Waals surface area (Å²) in [6.45, 7) is 9.49. The van der Waals surface area contributed by atoms with Crippen LogP contribution in [0.5, 0.6) is 0 Å². The molecule has 0 aromatic carbocycles. The van der Waals surface area contributed by atoms with Crippen molar-refractivity contribution in [3.8, 4) is 12.3 Å². The first-order chi connectivity index (χ1) is 30.1. The number of nitrogens with one attached hydrogen (secondary N) is 2. The highest BCUT2D eigenvalue weighted by molar-refractivity contribution is 5.81. The average Bonchev–Trinajstić information content (AvgIpc) is 3.93. The van der Waals surface area contributed by atoms with Crippen molar-refractivity contribution in [2.24, 2.45) is 11.5 Å². The number of aliphatic hydroxyl groups excluding tert-OH is 1. The number of quaternary nitrogens is 1. The minimum atomic E-state index is -0.976. The second-order valence-electron chi connectivity index (χ2n) is 14.9. The molecule has 2 aliphatic heterocycles. The number of unbranched alkanes of at least 4 members (excludes halogenated alkanes) is 1. The molecule has 0 radical (unpaired) electrons. The Kier molecular flexibility index (Phi) is 19.3. The zero-order valence-corrected chi connectivity index (χ0v) is 35.8. The highest BCUT2D eigenvalue weighted by atomic mass is 16.5. The normalized spacial score (nSPS) is 15.3. The summed E-state index contributed by atoms with van der Waals surface area (Å²) in [5.41, 5.74) is 16.3. The van der Waals surface area contributed by atoms with Crippen LogP contribution in [0.2, 0.25) is 0 Å². The SMILES string of the molecule is C#CCOCCOCCOCCNc1nc(N2CCN(C(=O)Cn3cc(CCC[NH+]=C(N)N)nn3)CC2)nc(N2CCN(C(=O)[C@H]([C@@H](C)O)n3cc(CCCC[NH3+])nn3)CC2)n1. The summed E-state index contributed by atoms with van der Waals surface area (Å²) in [5, 5.41) is 30.7. The highest BCUT2D eigenvalue weighted by Crippen LogP contribution is 2.22. The Bertz CT molecular complexity index is 1880. The van der Waals surface area contributed by atoms with Crippen LogP contribution >= 0.6 is 0 Å². The minimum Gasteiger partial charge on any atom is -0.391 e. The number of aromatic nitrogens is 9. The maximum atomic E-state index is 13.8. The van der Waals surface area contributed by atoms with Crippen molar-refractivity contribution in [2.45, 2.75) is 57.7 Å².